The first-order chi connectivity index (χ1) is 19.5. The van der Waals surface area contributed by atoms with Gasteiger partial charge >= 0.3 is 5.97 Å². The first-order valence-electron chi connectivity index (χ1n) is 13.9. The molecule has 0 spiro atoms. The maximum absolute atomic E-state index is 13.9. The van der Waals surface area contributed by atoms with Crippen molar-refractivity contribution in [1.82, 2.24) is 14.5 Å². The Hall–Kier alpha value is -3.89. The summed E-state index contributed by atoms with van der Waals surface area (Å²) in [6, 6.07) is 13.1. The van der Waals surface area contributed by atoms with Crippen LogP contribution >= 0.6 is 0 Å². The summed E-state index contributed by atoms with van der Waals surface area (Å²) < 4.78 is 13.0. The number of ether oxygens (including phenoxy) is 2. The van der Waals surface area contributed by atoms with Gasteiger partial charge in [-0.1, -0.05) is 31.5 Å². The van der Waals surface area contributed by atoms with Crippen LogP contribution in [0, 0.1) is 5.92 Å². The van der Waals surface area contributed by atoms with Crippen LogP contribution in [0.5, 0.6) is 11.5 Å². The van der Waals surface area contributed by atoms with Crippen LogP contribution in [0.4, 0.5) is 5.69 Å². The number of nitrogens with zero attached hydrogens (tertiary/aromatic N) is 4. The molecule has 0 bridgehead atoms. The van der Waals surface area contributed by atoms with Gasteiger partial charge in [0.05, 0.1) is 18.8 Å². The summed E-state index contributed by atoms with van der Waals surface area (Å²) in [5.41, 5.74) is 8.52. The van der Waals surface area contributed by atoms with Crippen molar-refractivity contribution in [3.05, 3.63) is 72.3 Å². The second-order valence-electron chi connectivity index (χ2n) is 10.4. The summed E-state index contributed by atoms with van der Waals surface area (Å²) in [4.78, 5) is 34.7. The minimum absolute atomic E-state index is 0.0503. The number of aromatic nitrogens is 2. The molecule has 3 N–H and O–H groups in total. The molecule has 0 aliphatic carbocycles. The quantitative estimate of drug-likeness (QED) is 0.353. The SMILES string of the molecule is CCCCN(C(=O)CN1C[C@H](c2ccc3c(c2)OCO3)C(C(=O)O)[C@@H]1CCn1ccnc1)c1cccc(CN)c1. The van der Waals surface area contributed by atoms with Crippen molar-refractivity contribution in [1.29, 1.82) is 0 Å². The van der Waals surface area contributed by atoms with Crippen molar-refractivity contribution in [2.45, 2.75) is 51.2 Å². The van der Waals surface area contributed by atoms with Gasteiger partial charge in [0.15, 0.2) is 11.5 Å². The van der Waals surface area contributed by atoms with Gasteiger partial charge in [-0.2, -0.15) is 0 Å². The van der Waals surface area contributed by atoms with Crippen molar-refractivity contribution in [3.63, 3.8) is 0 Å². The van der Waals surface area contributed by atoms with Gasteiger partial charge in [-0.05, 0) is 48.2 Å². The number of carboxylic acids is 1. The Bertz CT molecular complexity index is 1310. The highest BCUT2D eigenvalue weighted by Crippen LogP contribution is 2.43. The van der Waals surface area contributed by atoms with Crippen molar-refractivity contribution < 1.29 is 24.2 Å². The number of carbonyl (C=O) groups is 2. The van der Waals surface area contributed by atoms with Crippen LogP contribution in [0.3, 0.4) is 0 Å². The number of aliphatic carboxylic acids is 1. The summed E-state index contributed by atoms with van der Waals surface area (Å²) in [7, 11) is 0. The number of anilines is 1. The van der Waals surface area contributed by atoms with Gasteiger partial charge in [-0.15, -0.1) is 0 Å². The van der Waals surface area contributed by atoms with Crippen LogP contribution in [0.25, 0.3) is 0 Å². The number of carboxylic acid groups (broad SMARTS) is 1. The largest absolute Gasteiger partial charge is 0.481 e. The zero-order valence-corrected chi connectivity index (χ0v) is 22.8. The molecule has 3 aromatic rings. The lowest BCUT2D eigenvalue weighted by atomic mass is 9.84. The molecule has 40 heavy (non-hydrogen) atoms. The number of rotatable bonds is 12. The van der Waals surface area contributed by atoms with E-state index in [1.807, 2.05) is 58.1 Å². The van der Waals surface area contributed by atoms with Crippen LogP contribution in [0.2, 0.25) is 0 Å². The predicted molar refractivity (Wildman–Crippen MR) is 150 cm³/mol. The molecule has 3 atom stereocenters. The molecule has 1 fully saturated rings. The number of amides is 1. The van der Waals surface area contributed by atoms with Crippen LogP contribution in [-0.4, -0.2) is 63.9 Å². The second-order valence-corrected chi connectivity index (χ2v) is 10.4. The topological polar surface area (TPSA) is 123 Å². The third-order valence-electron chi connectivity index (χ3n) is 7.93. The maximum atomic E-state index is 13.9. The Labute approximate surface area is 234 Å². The molecule has 1 unspecified atom stereocenters. The first-order valence-corrected chi connectivity index (χ1v) is 13.9. The standard InChI is InChI=1S/C30H37N5O5/c1-2-3-11-35(23-6-4-5-21(14-23)16-31)28(36)18-34-17-24(22-7-8-26-27(15-22)40-20-39-26)29(30(37)38)25(34)9-12-33-13-10-32-19-33/h4-8,10,13-15,19,24-25,29H,2-3,9,11-12,16-18,20,31H2,1H3,(H,37,38)/t24-,25+,29?/m1/s1. The molecule has 1 aromatic heterocycles. The van der Waals surface area contributed by atoms with Gasteiger partial charge in [-0.25, -0.2) is 4.98 Å². The number of hydrogen-bond donors (Lipinski definition) is 2. The monoisotopic (exact) mass is 547 g/mol. The molecule has 0 radical (unpaired) electrons. The number of benzene rings is 2. The Morgan fingerprint density at radius 3 is 2.77 bits per heavy atom. The Morgan fingerprint density at radius 2 is 2.02 bits per heavy atom. The zero-order valence-electron chi connectivity index (χ0n) is 22.8. The molecule has 1 amide bonds. The lowest BCUT2D eigenvalue weighted by Gasteiger charge is -2.30. The van der Waals surface area contributed by atoms with E-state index < -0.39 is 11.9 Å². The molecule has 2 aliphatic heterocycles. The Kier molecular flexibility index (Phi) is 8.66. The van der Waals surface area contributed by atoms with E-state index in [2.05, 4.69) is 16.8 Å². The van der Waals surface area contributed by atoms with Gasteiger partial charge in [0.1, 0.15) is 0 Å². The Morgan fingerprint density at radius 1 is 1.18 bits per heavy atom. The van der Waals surface area contributed by atoms with Crippen molar-refractivity contribution in [3.8, 4) is 11.5 Å². The fourth-order valence-corrected chi connectivity index (χ4v) is 5.86. The molecular formula is C30H37N5O5. The van der Waals surface area contributed by atoms with Gasteiger partial charge in [-0.3, -0.25) is 14.5 Å². The zero-order chi connectivity index (χ0) is 28.1. The van der Waals surface area contributed by atoms with Crippen LogP contribution in [-0.2, 0) is 22.7 Å². The number of hydrogen-bond acceptors (Lipinski definition) is 7. The van der Waals surface area contributed by atoms with Gasteiger partial charge in [0, 0.05) is 56.2 Å². The third kappa shape index (κ3) is 5.97. The van der Waals surface area contributed by atoms with Crippen molar-refractivity contribution in [2.75, 3.05) is 31.3 Å². The summed E-state index contributed by atoms with van der Waals surface area (Å²) in [6.45, 7) is 4.40. The van der Waals surface area contributed by atoms with Crippen LogP contribution in [0.15, 0.2) is 61.2 Å². The number of imidazole rings is 1. The minimum atomic E-state index is -0.869. The fraction of sp³-hybridized carbons (Fsp3) is 0.433. The number of fused-ring (bicyclic) bond motifs is 1. The fourth-order valence-electron chi connectivity index (χ4n) is 5.86. The predicted octanol–water partition coefficient (Wildman–Crippen LogP) is 3.46. The van der Waals surface area contributed by atoms with Crippen molar-refractivity contribution in [2.24, 2.45) is 11.7 Å². The number of aryl methyl sites for hydroxylation is 1. The maximum Gasteiger partial charge on any atom is 0.308 e. The first kappa shape index (κ1) is 27.7. The van der Waals surface area contributed by atoms with E-state index in [0.29, 0.717) is 44.1 Å². The van der Waals surface area contributed by atoms with E-state index in [4.69, 9.17) is 15.2 Å². The molecule has 3 heterocycles. The molecule has 10 heteroatoms. The highest BCUT2D eigenvalue weighted by atomic mass is 16.7. The van der Waals surface area contributed by atoms with E-state index >= 15 is 0 Å². The lowest BCUT2D eigenvalue weighted by Crippen LogP contribution is -2.45. The highest BCUT2D eigenvalue weighted by Gasteiger charge is 2.47. The molecule has 2 aliphatic rings. The van der Waals surface area contributed by atoms with E-state index in [9.17, 15) is 14.7 Å². The average molecular weight is 548 g/mol. The number of unbranched alkanes of at least 4 members (excludes halogenated alkanes) is 1. The number of carbonyl (C=O) groups excluding carboxylic acids is 1. The molecule has 10 nitrogen and oxygen atoms in total. The summed E-state index contributed by atoms with van der Waals surface area (Å²) in [6.07, 6.45) is 7.68. The Balaban J connectivity index is 1.43. The van der Waals surface area contributed by atoms with E-state index in [0.717, 1.165) is 29.7 Å². The number of nitrogens with two attached hydrogens (primary N) is 1. The second kappa shape index (κ2) is 12.5. The highest BCUT2D eigenvalue weighted by molar-refractivity contribution is 5.95. The van der Waals surface area contributed by atoms with Crippen molar-refractivity contribution >= 4 is 17.6 Å². The lowest BCUT2D eigenvalue weighted by molar-refractivity contribution is -0.143. The molecule has 2 aromatic carbocycles. The van der Waals surface area contributed by atoms with E-state index in [1.165, 1.54) is 0 Å². The molecule has 212 valence electrons. The average Bonchev–Trinajstić information content (AvgIpc) is 3.72. The summed E-state index contributed by atoms with van der Waals surface area (Å²) in [5.74, 6) is -0.642. The molecule has 0 saturated carbocycles. The summed E-state index contributed by atoms with van der Waals surface area (Å²) in [5, 5.41) is 10.5. The molecular weight excluding hydrogens is 510 g/mol. The molecule has 5 rings (SSSR count). The smallest absolute Gasteiger partial charge is 0.308 e. The van der Waals surface area contributed by atoms with Crippen LogP contribution in [0.1, 0.15) is 43.2 Å². The van der Waals surface area contributed by atoms with Gasteiger partial charge in [0.25, 0.3) is 0 Å². The van der Waals surface area contributed by atoms with E-state index in [-0.39, 0.29) is 31.2 Å². The molecule has 1 saturated heterocycles. The van der Waals surface area contributed by atoms with Gasteiger partial charge in [0.2, 0.25) is 12.7 Å². The minimum Gasteiger partial charge on any atom is -0.481 e. The van der Waals surface area contributed by atoms with E-state index in [1.54, 1.807) is 12.5 Å². The number of likely N-dealkylation sites (tertiary alicyclic amines) is 1. The normalized spacial score (nSPS) is 20.1. The van der Waals surface area contributed by atoms with Gasteiger partial charge < -0.3 is 29.8 Å². The van der Waals surface area contributed by atoms with Crippen LogP contribution < -0.4 is 20.1 Å². The summed E-state index contributed by atoms with van der Waals surface area (Å²) >= 11 is 0. The third-order valence-corrected chi connectivity index (χ3v) is 7.93.